The Kier molecular flexibility index (Phi) is 3.98. The molecule has 5 heteroatoms. The third-order valence-corrected chi connectivity index (χ3v) is 3.53. The molecule has 0 bridgehead atoms. The van der Waals surface area contributed by atoms with Crippen LogP contribution in [0.25, 0.3) is 5.82 Å². The molecule has 2 aromatic heterocycles. The van der Waals surface area contributed by atoms with E-state index in [-0.39, 0.29) is 5.75 Å². The van der Waals surface area contributed by atoms with Crippen LogP contribution in [0.15, 0.2) is 55.1 Å². The van der Waals surface area contributed by atoms with E-state index in [4.69, 9.17) is 0 Å². The zero-order valence-electron chi connectivity index (χ0n) is 12.4. The Morgan fingerprint density at radius 1 is 1.18 bits per heavy atom. The summed E-state index contributed by atoms with van der Waals surface area (Å²) in [6.07, 6.45) is 5.72. The van der Waals surface area contributed by atoms with E-state index < -0.39 is 6.10 Å². The molecule has 0 spiro atoms. The zero-order valence-corrected chi connectivity index (χ0v) is 12.4. The number of hydrogen-bond donors (Lipinski definition) is 2. The van der Waals surface area contributed by atoms with Crippen molar-refractivity contribution in [1.82, 2.24) is 14.1 Å². The lowest BCUT2D eigenvalue weighted by Gasteiger charge is -2.12. The van der Waals surface area contributed by atoms with Crippen LogP contribution in [0.1, 0.15) is 18.2 Å². The molecule has 0 amide bonds. The molecule has 5 nitrogen and oxygen atoms in total. The van der Waals surface area contributed by atoms with Gasteiger partial charge in [-0.25, -0.2) is 4.98 Å². The van der Waals surface area contributed by atoms with Crippen LogP contribution in [0.3, 0.4) is 0 Å². The predicted molar refractivity (Wildman–Crippen MR) is 84.1 cm³/mol. The van der Waals surface area contributed by atoms with Crippen molar-refractivity contribution in [2.24, 2.45) is 0 Å². The monoisotopic (exact) mass is 297 g/mol. The third-order valence-electron chi connectivity index (χ3n) is 3.53. The molecule has 0 fully saturated rings. The van der Waals surface area contributed by atoms with Crippen LogP contribution in [0.5, 0.6) is 5.75 Å². The van der Waals surface area contributed by atoms with Gasteiger partial charge in [0.05, 0.1) is 18.1 Å². The van der Waals surface area contributed by atoms with Gasteiger partial charge in [0.1, 0.15) is 5.75 Å². The van der Waals surface area contributed by atoms with Gasteiger partial charge in [-0.15, -0.1) is 0 Å². The van der Waals surface area contributed by atoms with Crippen molar-refractivity contribution in [3.05, 3.63) is 66.4 Å². The highest BCUT2D eigenvalue weighted by atomic mass is 16.3. The number of rotatable bonds is 5. The number of aliphatic hydroxyl groups excluding tert-OH is 1. The second-order valence-corrected chi connectivity index (χ2v) is 5.46. The number of phenolic OH excluding ortho intramolecular Hbond substituents is 1. The Labute approximate surface area is 129 Å². The number of benzene rings is 1. The Hall–Kier alpha value is -2.53. The minimum absolute atomic E-state index is 0.250. The summed E-state index contributed by atoms with van der Waals surface area (Å²) in [6.45, 7) is 2.37. The van der Waals surface area contributed by atoms with Crippen molar-refractivity contribution in [3.63, 3.8) is 0 Å². The quantitative estimate of drug-likeness (QED) is 0.760. The minimum Gasteiger partial charge on any atom is -0.508 e. The third kappa shape index (κ3) is 3.04. The SMILES string of the molecule is CC(O)Cc1c(-n2cccc2)ncn1Cc1cccc(O)c1. The Morgan fingerprint density at radius 2 is 1.95 bits per heavy atom. The van der Waals surface area contributed by atoms with Crippen LogP contribution in [0, 0.1) is 0 Å². The number of aliphatic hydroxyl groups is 1. The van der Waals surface area contributed by atoms with Crippen molar-refractivity contribution in [1.29, 1.82) is 0 Å². The highest BCUT2D eigenvalue weighted by molar-refractivity contribution is 5.33. The summed E-state index contributed by atoms with van der Waals surface area (Å²) in [4.78, 5) is 4.48. The highest BCUT2D eigenvalue weighted by Crippen LogP contribution is 2.19. The summed E-state index contributed by atoms with van der Waals surface area (Å²) in [5.74, 6) is 1.08. The van der Waals surface area contributed by atoms with Crippen molar-refractivity contribution in [2.45, 2.75) is 26.0 Å². The Morgan fingerprint density at radius 3 is 2.64 bits per heavy atom. The normalized spacial score (nSPS) is 12.5. The minimum atomic E-state index is -0.450. The van der Waals surface area contributed by atoms with Crippen LogP contribution in [-0.2, 0) is 13.0 Å². The largest absolute Gasteiger partial charge is 0.508 e. The second-order valence-electron chi connectivity index (χ2n) is 5.46. The molecular weight excluding hydrogens is 278 g/mol. The summed E-state index contributed by atoms with van der Waals surface area (Å²) >= 11 is 0. The van der Waals surface area contributed by atoms with E-state index in [1.807, 2.05) is 45.8 Å². The van der Waals surface area contributed by atoms with Gasteiger partial charge in [-0.2, -0.15) is 0 Å². The van der Waals surface area contributed by atoms with Gasteiger partial charge in [0, 0.05) is 25.4 Å². The fourth-order valence-electron chi connectivity index (χ4n) is 2.56. The van der Waals surface area contributed by atoms with Crippen molar-refractivity contribution < 1.29 is 10.2 Å². The van der Waals surface area contributed by atoms with Gasteiger partial charge in [-0.3, -0.25) is 0 Å². The molecular formula is C17H19N3O2. The molecule has 0 aliphatic heterocycles. The molecule has 0 saturated carbocycles. The van der Waals surface area contributed by atoms with E-state index in [2.05, 4.69) is 4.98 Å². The maximum absolute atomic E-state index is 9.79. The summed E-state index contributed by atoms with van der Waals surface area (Å²) in [5, 5.41) is 19.4. The van der Waals surface area contributed by atoms with Crippen molar-refractivity contribution in [3.8, 4) is 11.6 Å². The molecule has 114 valence electrons. The van der Waals surface area contributed by atoms with E-state index in [0.29, 0.717) is 13.0 Å². The molecule has 3 aromatic rings. The summed E-state index contributed by atoms with van der Waals surface area (Å²) in [5.41, 5.74) is 1.96. The first-order valence-corrected chi connectivity index (χ1v) is 7.27. The molecule has 0 saturated heterocycles. The van der Waals surface area contributed by atoms with Crippen LogP contribution >= 0.6 is 0 Å². The number of nitrogens with zero attached hydrogens (tertiary/aromatic N) is 3. The molecule has 3 rings (SSSR count). The van der Waals surface area contributed by atoms with Crippen molar-refractivity contribution in [2.75, 3.05) is 0 Å². The van der Waals surface area contributed by atoms with E-state index in [1.54, 1.807) is 25.4 Å². The lowest BCUT2D eigenvalue weighted by Crippen LogP contribution is -2.13. The number of aromatic nitrogens is 3. The lowest BCUT2D eigenvalue weighted by molar-refractivity contribution is 0.193. The molecule has 2 heterocycles. The van der Waals surface area contributed by atoms with Gasteiger partial charge in [-0.1, -0.05) is 12.1 Å². The number of phenols is 1. The lowest BCUT2D eigenvalue weighted by atomic mass is 10.2. The van der Waals surface area contributed by atoms with E-state index in [9.17, 15) is 10.2 Å². The number of imidazole rings is 1. The zero-order chi connectivity index (χ0) is 15.5. The molecule has 22 heavy (non-hydrogen) atoms. The Balaban J connectivity index is 1.97. The van der Waals surface area contributed by atoms with Gasteiger partial charge in [-0.05, 0) is 36.8 Å². The van der Waals surface area contributed by atoms with Crippen LogP contribution < -0.4 is 0 Å². The van der Waals surface area contributed by atoms with Crippen LogP contribution in [0.2, 0.25) is 0 Å². The first kappa shape index (κ1) is 14.4. The predicted octanol–water partition coefficient (Wildman–Crippen LogP) is 2.35. The summed E-state index contributed by atoms with van der Waals surface area (Å²) in [6, 6.07) is 11.1. The first-order valence-electron chi connectivity index (χ1n) is 7.27. The number of aromatic hydroxyl groups is 1. The topological polar surface area (TPSA) is 63.2 Å². The highest BCUT2D eigenvalue weighted by Gasteiger charge is 2.14. The molecule has 2 N–H and O–H groups in total. The van der Waals surface area contributed by atoms with Crippen molar-refractivity contribution >= 4 is 0 Å². The van der Waals surface area contributed by atoms with Gasteiger partial charge in [0.25, 0.3) is 0 Å². The summed E-state index contributed by atoms with van der Waals surface area (Å²) in [7, 11) is 0. The number of hydrogen-bond acceptors (Lipinski definition) is 3. The maximum atomic E-state index is 9.79. The molecule has 0 aliphatic carbocycles. The van der Waals surface area contributed by atoms with Crippen LogP contribution in [0.4, 0.5) is 0 Å². The van der Waals surface area contributed by atoms with Gasteiger partial charge < -0.3 is 19.3 Å². The molecule has 0 radical (unpaired) electrons. The average Bonchev–Trinajstić information content (AvgIpc) is 3.09. The standard InChI is InChI=1S/C17H19N3O2/c1-13(21)9-16-17(19-7-2-3-8-19)18-12-20(16)11-14-5-4-6-15(22)10-14/h2-8,10,12-13,21-22H,9,11H2,1H3. The van der Waals surface area contributed by atoms with Gasteiger partial charge >= 0.3 is 0 Å². The molecule has 1 atom stereocenters. The smallest absolute Gasteiger partial charge is 0.158 e. The fraction of sp³-hybridized carbons (Fsp3) is 0.235. The van der Waals surface area contributed by atoms with E-state index in [1.165, 1.54) is 0 Å². The first-order chi connectivity index (χ1) is 10.6. The molecule has 0 aliphatic rings. The van der Waals surface area contributed by atoms with Gasteiger partial charge in [0.15, 0.2) is 5.82 Å². The molecule has 1 aromatic carbocycles. The van der Waals surface area contributed by atoms with E-state index >= 15 is 0 Å². The van der Waals surface area contributed by atoms with E-state index in [0.717, 1.165) is 17.1 Å². The fourth-order valence-corrected chi connectivity index (χ4v) is 2.56. The average molecular weight is 297 g/mol. The Bertz CT molecular complexity index is 745. The summed E-state index contributed by atoms with van der Waals surface area (Å²) < 4.78 is 3.95. The second kappa shape index (κ2) is 6.07. The maximum Gasteiger partial charge on any atom is 0.158 e. The van der Waals surface area contributed by atoms with Gasteiger partial charge in [0.2, 0.25) is 0 Å². The molecule has 1 unspecified atom stereocenters. The van der Waals surface area contributed by atoms with Crippen LogP contribution in [-0.4, -0.2) is 30.4 Å².